The molecule has 0 unspecified atom stereocenters. The van der Waals surface area contributed by atoms with Gasteiger partial charge in [-0.15, -0.1) is 0 Å². The SMILES string of the molecule is N#Cc1ccc(S(=O)(=O)NCC2(C(=O)O)CCC2)cc1. The molecule has 2 N–H and O–H groups in total. The summed E-state index contributed by atoms with van der Waals surface area (Å²) in [6.07, 6.45) is 1.77. The second-order valence-corrected chi connectivity index (χ2v) is 6.67. The zero-order valence-corrected chi connectivity index (χ0v) is 11.5. The number of nitrogens with one attached hydrogen (secondary N) is 1. The zero-order chi connectivity index (χ0) is 14.8. The molecule has 20 heavy (non-hydrogen) atoms. The maximum atomic E-state index is 12.1. The smallest absolute Gasteiger partial charge is 0.310 e. The van der Waals surface area contributed by atoms with E-state index >= 15 is 0 Å². The van der Waals surface area contributed by atoms with Crippen LogP contribution in [-0.2, 0) is 14.8 Å². The van der Waals surface area contributed by atoms with Gasteiger partial charge in [0.2, 0.25) is 10.0 Å². The van der Waals surface area contributed by atoms with Crippen LogP contribution in [0.5, 0.6) is 0 Å². The number of aliphatic carboxylic acids is 1. The van der Waals surface area contributed by atoms with Crippen molar-refractivity contribution in [3.63, 3.8) is 0 Å². The van der Waals surface area contributed by atoms with Crippen molar-refractivity contribution in [3.8, 4) is 6.07 Å². The van der Waals surface area contributed by atoms with E-state index in [1.807, 2.05) is 6.07 Å². The number of hydrogen-bond acceptors (Lipinski definition) is 4. The van der Waals surface area contributed by atoms with Crippen LogP contribution in [-0.4, -0.2) is 26.0 Å². The highest BCUT2D eigenvalue weighted by Gasteiger charge is 2.44. The lowest BCUT2D eigenvalue weighted by molar-refractivity contribution is -0.153. The van der Waals surface area contributed by atoms with Gasteiger partial charge in [-0.05, 0) is 37.1 Å². The Bertz CT molecular complexity index is 655. The van der Waals surface area contributed by atoms with Crippen LogP contribution >= 0.6 is 0 Å². The number of hydrogen-bond donors (Lipinski definition) is 2. The molecule has 0 bridgehead atoms. The summed E-state index contributed by atoms with van der Waals surface area (Å²) < 4.78 is 26.5. The van der Waals surface area contributed by atoms with Gasteiger partial charge in [0.25, 0.3) is 0 Å². The molecule has 7 heteroatoms. The minimum absolute atomic E-state index is 0.0244. The van der Waals surface area contributed by atoms with Gasteiger partial charge in [-0.1, -0.05) is 6.42 Å². The van der Waals surface area contributed by atoms with E-state index in [-0.39, 0.29) is 11.4 Å². The largest absolute Gasteiger partial charge is 0.481 e. The average molecular weight is 294 g/mol. The first kappa shape index (κ1) is 14.5. The summed E-state index contributed by atoms with van der Waals surface area (Å²) in [4.78, 5) is 11.2. The summed E-state index contributed by atoms with van der Waals surface area (Å²) in [6, 6.07) is 7.37. The average Bonchev–Trinajstić information content (AvgIpc) is 2.37. The summed E-state index contributed by atoms with van der Waals surface area (Å²) in [6.45, 7) is -0.106. The van der Waals surface area contributed by atoms with Crippen molar-refractivity contribution in [1.29, 1.82) is 5.26 Å². The third kappa shape index (κ3) is 2.66. The minimum atomic E-state index is -3.75. The fourth-order valence-electron chi connectivity index (χ4n) is 2.09. The zero-order valence-electron chi connectivity index (χ0n) is 10.7. The topological polar surface area (TPSA) is 107 Å². The van der Waals surface area contributed by atoms with E-state index in [2.05, 4.69) is 4.72 Å². The van der Waals surface area contributed by atoms with Gasteiger partial charge in [-0.25, -0.2) is 13.1 Å². The number of carboxylic acid groups (broad SMARTS) is 1. The van der Waals surface area contributed by atoms with E-state index in [9.17, 15) is 13.2 Å². The van der Waals surface area contributed by atoms with Crippen LogP contribution in [0.25, 0.3) is 0 Å². The first-order valence-electron chi connectivity index (χ1n) is 6.13. The minimum Gasteiger partial charge on any atom is -0.481 e. The predicted molar refractivity (Wildman–Crippen MR) is 70.3 cm³/mol. The van der Waals surface area contributed by atoms with Gasteiger partial charge in [-0.2, -0.15) is 5.26 Å². The van der Waals surface area contributed by atoms with Crippen LogP contribution in [0.15, 0.2) is 29.2 Å². The number of rotatable bonds is 5. The monoisotopic (exact) mass is 294 g/mol. The molecule has 6 nitrogen and oxygen atoms in total. The Balaban J connectivity index is 2.11. The quantitative estimate of drug-likeness (QED) is 0.845. The van der Waals surface area contributed by atoms with Crippen molar-refractivity contribution in [2.45, 2.75) is 24.2 Å². The Morgan fingerprint density at radius 1 is 1.35 bits per heavy atom. The second kappa shape index (κ2) is 5.23. The molecule has 0 spiro atoms. The molecule has 0 saturated heterocycles. The van der Waals surface area contributed by atoms with Crippen LogP contribution in [0.3, 0.4) is 0 Å². The van der Waals surface area contributed by atoms with Crippen molar-refractivity contribution >= 4 is 16.0 Å². The van der Waals surface area contributed by atoms with Gasteiger partial charge >= 0.3 is 5.97 Å². The molecule has 1 fully saturated rings. The number of benzene rings is 1. The maximum absolute atomic E-state index is 12.1. The number of nitrogens with zero attached hydrogens (tertiary/aromatic N) is 1. The molecular weight excluding hydrogens is 280 g/mol. The number of carboxylic acids is 1. The molecule has 1 aromatic rings. The van der Waals surface area contributed by atoms with E-state index in [1.165, 1.54) is 24.3 Å². The molecule has 1 aliphatic carbocycles. The Labute approximate surface area is 117 Å². The van der Waals surface area contributed by atoms with Gasteiger partial charge in [-0.3, -0.25) is 4.79 Å². The first-order valence-corrected chi connectivity index (χ1v) is 7.61. The maximum Gasteiger partial charge on any atom is 0.310 e. The number of carbonyl (C=O) groups is 1. The molecule has 1 aliphatic rings. The van der Waals surface area contributed by atoms with Gasteiger partial charge in [0.1, 0.15) is 0 Å². The molecule has 0 heterocycles. The molecular formula is C13H14N2O4S. The van der Waals surface area contributed by atoms with Gasteiger partial charge in [0.05, 0.1) is 21.9 Å². The Morgan fingerprint density at radius 3 is 2.35 bits per heavy atom. The lowest BCUT2D eigenvalue weighted by Crippen LogP contribution is -2.47. The Morgan fingerprint density at radius 2 is 1.95 bits per heavy atom. The van der Waals surface area contributed by atoms with E-state index < -0.39 is 21.4 Å². The van der Waals surface area contributed by atoms with Crippen molar-refractivity contribution < 1.29 is 18.3 Å². The molecule has 0 radical (unpaired) electrons. The highest BCUT2D eigenvalue weighted by molar-refractivity contribution is 7.89. The fraction of sp³-hybridized carbons (Fsp3) is 0.385. The summed E-state index contributed by atoms with van der Waals surface area (Å²) in [5.74, 6) is -0.966. The van der Waals surface area contributed by atoms with E-state index in [1.54, 1.807) is 0 Å². The molecule has 0 aromatic heterocycles. The Hall–Kier alpha value is -1.91. The van der Waals surface area contributed by atoms with Crippen molar-refractivity contribution in [2.24, 2.45) is 5.41 Å². The van der Waals surface area contributed by atoms with Crippen LogP contribution in [0, 0.1) is 16.7 Å². The van der Waals surface area contributed by atoms with Crippen molar-refractivity contribution in [3.05, 3.63) is 29.8 Å². The molecule has 0 atom stereocenters. The van der Waals surface area contributed by atoms with E-state index in [0.717, 1.165) is 6.42 Å². The van der Waals surface area contributed by atoms with Crippen LogP contribution in [0.4, 0.5) is 0 Å². The normalized spacial score (nSPS) is 16.9. The summed E-state index contributed by atoms with van der Waals surface area (Å²) in [5.41, 5.74) is -0.607. The van der Waals surface area contributed by atoms with Gasteiger partial charge in [0, 0.05) is 6.54 Å². The van der Waals surface area contributed by atoms with Crippen molar-refractivity contribution in [1.82, 2.24) is 4.72 Å². The highest BCUT2D eigenvalue weighted by atomic mass is 32.2. The summed E-state index contributed by atoms with van der Waals surface area (Å²) >= 11 is 0. The molecule has 1 aromatic carbocycles. The van der Waals surface area contributed by atoms with Gasteiger partial charge in [0.15, 0.2) is 0 Å². The molecule has 0 aliphatic heterocycles. The van der Waals surface area contributed by atoms with Crippen LogP contribution in [0.1, 0.15) is 24.8 Å². The molecule has 2 rings (SSSR count). The molecule has 106 valence electrons. The summed E-state index contributed by atoms with van der Waals surface area (Å²) in [7, 11) is -3.75. The summed E-state index contributed by atoms with van der Waals surface area (Å²) in [5, 5.41) is 17.8. The fourth-order valence-corrected chi connectivity index (χ4v) is 3.22. The second-order valence-electron chi connectivity index (χ2n) is 4.90. The van der Waals surface area contributed by atoms with Crippen LogP contribution < -0.4 is 4.72 Å². The standard InChI is InChI=1S/C13H14N2O4S/c14-8-10-2-4-11(5-3-10)20(18,19)15-9-13(12(16)17)6-1-7-13/h2-5,15H,1,6-7,9H2,(H,16,17). The lowest BCUT2D eigenvalue weighted by Gasteiger charge is -2.37. The van der Waals surface area contributed by atoms with Crippen LogP contribution in [0.2, 0.25) is 0 Å². The highest BCUT2D eigenvalue weighted by Crippen LogP contribution is 2.40. The third-order valence-corrected chi connectivity index (χ3v) is 5.08. The molecule has 1 saturated carbocycles. The van der Waals surface area contributed by atoms with Gasteiger partial charge < -0.3 is 5.11 Å². The third-order valence-electron chi connectivity index (χ3n) is 3.66. The predicted octanol–water partition coefficient (Wildman–Crippen LogP) is 1.09. The van der Waals surface area contributed by atoms with E-state index in [0.29, 0.717) is 18.4 Å². The first-order chi connectivity index (χ1) is 9.39. The Kier molecular flexibility index (Phi) is 3.79. The number of nitriles is 1. The van der Waals surface area contributed by atoms with E-state index in [4.69, 9.17) is 10.4 Å². The number of sulfonamides is 1. The lowest BCUT2D eigenvalue weighted by atomic mass is 9.69. The molecule has 0 amide bonds. The van der Waals surface area contributed by atoms with Crippen molar-refractivity contribution in [2.75, 3.05) is 6.54 Å².